The number of hydrogen-bond donors (Lipinski definition) is 2. The Labute approximate surface area is 99.8 Å². The molecule has 0 saturated carbocycles. The van der Waals surface area contributed by atoms with Crippen LogP contribution < -0.4 is 5.73 Å². The number of carbonyl (C=O) groups is 3. The number of likely N-dealkylation sites (tertiary alicyclic amines) is 1. The third kappa shape index (κ3) is 2.57. The van der Waals surface area contributed by atoms with Crippen molar-refractivity contribution in [2.45, 2.75) is 45.7 Å². The molecular weight excluding hydrogens is 224 g/mol. The summed E-state index contributed by atoms with van der Waals surface area (Å²) in [6.07, 6.45) is 0.474. The summed E-state index contributed by atoms with van der Waals surface area (Å²) >= 11 is 0. The van der Waals surface area contributed by atoms with Gasteiger partial charge in [-0.3, -0.25) is 9.59 Å². The summed E-state index contributed by atoms with van der Waals surface area (Å²) in [7, 11) is 0. The fourth-order valence-corrected chi connectivity index (χ4v) is 2.21. The van der Waals surface area contributed by atoms with Gasteiger partial charge in [0.25, 0.3) is 0 Å². The molecule has 2 amide bonds. The van der Waals surface area contributed by atoms with Gasteiger partial charge in [-0.15, -0.1) is 0 Å². The molecule has 0 radical (unpaired) electrons. The maximum absolute atomic E-state index is 11.7. The van der Waals surface area contributed by atoms with Crippen LogP contribution in [-0.4, -0.2) is 39.9 Å². The molecule has 0 aromatic carbocycles. The lowest BCUT2D eigenvalue weighted by Crippen LogP contribution is -2.56. The predicted molar refractivity (Wildman–Crippen MR) is 59.9 cm³/mol. The summed E-state index contributed by atoms with van der Waals surface area (Å²) in [4.78, 5) is 35.4. The van der Waals surface area contributed by atoms with Gasteiger partial charge in [-0.25, -0.2) is 4.79 Å². The number of primary amides is 1. The molecule has 6 nitrogen and oxygen atoms in total. The van der Waals surface area contributed by atoms with Gasteiger partial charge in [0.2, 0.25) is 11.8 Å². The standard InChI is InChI=1S/C11H18N2O4/c1-11(2,3)8(10(16)17)13-6(9(12)15)4-5-7(13)14/h6,8H,4-5H2,1-3H3,(H2,12,15)(H,16,17). The van der Waals surface area contributed by atoms with Crippen molar-refractivity contribution in [1.82, 2.24) is 4.90 Å². The molecule has 0 aromatic heterocycles. The van der Waals surface area contributed by atoms with Crippen molar-refractivity contribution in [3.63, 3.8) is 0 Å². The highest BCUT2D eigenvalue weighted by molar-refractivity contribution is 5.93. The molecule has 0 aliphatic carbocycles. The molecule has 1 fully saturated rings. The monoisotopic (exact) mass is 242 g/mol. The zero-order chi connectivity index (χ0) is 13.4. The Balaban J connectivity index is 3.12. The van der Waals surface area contributed by atoms with Gasteiger partial charge in [0, 0.05) is 6.42 Å². The molecule has 17 heavy (non-hydrogen) atoms. The van der Waals surface area contributed by atoms with Gasteiger partial charge in [-0.1, -0.05) is 20.8 Å². The average molecular weight is 242 g/mol. The molecule has 1 saturated heterocycles. The van der Waals surface area contributed by atoms with E-state index in [0.717, 1.165) is 4.90 Å². The third-order valence-electron chi connectivity index (χ3n) is 2.92. The van der Waals surface area contributed by atoms with E-state index in [0.29, 0.717) is 6.42 Å². The average Bonchev–Trinajstić information content (AvgIpc) is 2.45. The topological polar surface area (TPSA) is 101 Å². The van der Waals surface area contributed by atoms with Gasteiger partial charge in [-0.2, -0.15) is 0 Å². The van der Waals surface area contributed by atoms with Crippen LogP contribution in [0.3, 0.4) is 0 Å². The fraction of sp³-hybridized carbons (Fsp3) is 0.727. The highest BCUT2D eigenvalue weighted by Crippen LogP contribution is 2.31. The Morgan fingerprint density at radius 3 is 2.35 bits per heavy atom. The SMILES string of the molecule is CC(C)(C)C(C(=O)O)N1C(=O)CCC1C(N)=O. The zero-order valence-electron chi connectivity index (χ0n) is 10.3. The highest BCUT2D eigenvalue weighted by atomic mass is 16.4. The normalized spacial score (nSPS) is 22.6. The van der Waals surface area contributed by atoms with E-state index < -0.39 is 29.4 Å². The van der Waals surface area contributed by atoms with Crippen LogP contribution in [0.2, 0.25) is 0 Å². The van der Waals surface area contributed by atoms with Crippen LogP contribution in [0.4, 0.5) is 0 Å². The molecule has 1 aliphatic heterocycles. The number of carbonyl (C=O) groups excluding carboxylic acids is 2. The van der Waals surface area contributed by atoms with E-state index in [1.807, 2.05) is 0 Å². The van der Waals surface area contributed by atoms with E-state index in [4.69, 9.17) is 5.73 Å². The third-order valence-corrected chi connectivity index (χ3v) is 2.92. The van der Waals surface area contributed by atoms with Crippen molar-refractivity contribution in [3.05, 3.63) is 0 Å². The first-order valence-electron chi connectivity index (χ1n) is 5.49. The number of carboxylic acids is 1. The van der Waals surface area contributed by atoms with E-state index >= 15 is 0 Å². The van der Waals surface area contributed by atoms with Crippen molar-refractivity contribution in [3.8, 4) is 0 Å². The number of aliphatic carboxylic acids is 1. The van der Waals surface area contributed by atoms with E-state index in [-0.39, 0.29) is 12.3 Å². The van der Waals surface area contributed by atoms with Crippen molar-refractivity contribution in [2.75, 3.05) is 0 Å². The molecule has 96 valence electrons. The van der Waals surface area contributed by atoms with E-state index in [2.05, 4.69) is 0 Å². The number of hydrogen-bond acceptors (Lipinski definition) is 3. The van der Waals surface area contributed by atoms with E-state index in [1.165, 1.54) is 0 Å². The molecule has 1 heterocycles. The molecule has 2 unspecified atom stereocenters. The number of nitrogens with two attached hydrogens (primary N) is 1. The number of nitrogens with zero attached hydrogens (tertiary/aromatic N) is 1. The largest absolute Gasteiger partial charge is 0.480 e. The second-order valence-electron chi connectivity index (χ2n) is 5.36. The first-order valence-corrected chi connectivity index (χ1v) is 5.49. The van der Waals surface area contributed by atoms with Gasteiger partial charge >= 0.3 is 5.97 Å². The van der Waals surface area contributed by atoms with Crippen LogP contribution in [-0.2, 0) is 14.4 Å². The highest BCUT2D eigenvalue weighted by Gasteiger charge is 2.47. The molecule has 2 atom stereocenters. The van der Waals surface area contributed by atoms with Crippen molar-refractivity contribution < 1.29 is 19.5 Å². The van der Waals surface area contributed by atoms with Crippen molar-refractivity contribution in [2.24, 2.45) is 11.1 Å². The second kappa shape index (κ2) is 4.35. The lowest BCUT2D eigenvalue weighted by Gasteiger charge is -2.37. The molecule has 1 aliphatic rings. The van der Waals surface area contributed by atoms with Gasteiger partial charge in [0.1, 0.15) is 12.1 Å². The van der Waals surface area contributed by atoms with Crippen LogP contribution in [0, 0.1) is 5.41 Å². The summed E-state index contributed by atoms with van der Waals surface area (Å²) in [6.45, 7) is 5.15. The van der Waals surface area contributed by atoms with Gasteiger partial charge < -0.3 is 15.7 Å². The zero-order valence-corrected chi connectivity index (χ0v) is 10.3. The Morgan fingerprint density at radius 1 is 1.47 bits per heavy atom. The minimum Gasteiger partial charge on any atom is -0.480 e. The van der Waals surface area contributed by atoms with Crippen LogP contribution in [0.1, 0.15) is 33.6 Å². The van der Waals surface area contributed by atoms with Gasteiger partial charge in [0.15, 0.2) is 0 Å². The Bertz CT molecular complexity index is 359. The van der Waals surface area contributed by atoms with Crippen LogP contribution in [0.25, 0.3) is 0 Å². The first kappa shape index (κ1) is 13.5. The quantitative estimate of drug-likeness (QED) is 0.725. The molecule has 1 rings (SSSR count). The Hall–Kier alpha value is -1.59. The summed E-state index contributed by atoms with van der Waals surface area (Å²) < 4.78 is 0. The molecule has 6 heteroatoms. The fourth-order valence-electron chi connectivity index (χ4n) is 2.21. The van der Waals surface area contributed by atoms with Crippen LogP contribution in [0.15, 0.2) is 0 Å². The predicted octanol–water partition coefficient (Wildman–Crippen LogP) is -0.0380. The lowest BCUT2D eigenvalue weighted by molar-refractivity contribution is -0.156. The summed E-state index contributed by atoms with van der Waals surface area (Å²) in [5.41, 5.74) is 4.55. The number of carboxylic acid groups (broad SMARTS) is 1. The summed E-state index contributed by atoms with van der Waals surface area (Å²) in [5.74, 6) is -2.08. The summed E-state index contributed by atoms with van der Waals surface area (Å²) in [6, 6.07) is -1.84. The van der Waals surface area contributed by atoms with Crippen molar-refractivity contribution in [1.29, 1.82) is 0 Å². The maximum atomic E-state index is 11.7. The minimum absolute atomic E-state index is 0.174. The maximum Gasteiger partial charge on any atom is 0.326 e. The van der Waals surface area contributed by atoms with Gasteiger partial charge in [0.05, 0.1) is 0 Å². The van der Waals surface area contributed by atoms with E-state index in [9.17, 15) is 19.5 Å². The van der Waals surface area contributed by atoms with Crippen LogP contribution in [0.5, 0.6) is 0 Å². The lowest BCUT2D eigenvalue weighted by atomic mass is 9.85. The summed E-state index contributed by atoms with van der Waals surface area (Å²) in [5, 5.41) is 9.24. The van der Waals surface area contributed by atoms with E-state index in [1.54, 1.807) is 20.8 Å². The molecule has 0 aromatic rings. The molecular formula is C11H18N2O4. The molecule has 0 bridgehead atoms. The minimum atomic E-state index is -1.11. The smallest absolute Gasteiger partial charge is 0.326 e. The molecule has 3 N–H and O–H groups in total. The molecule has 0 spiro atoms. The van der Waals surface area contributed by atoms with Gasteiger partial charge in [-0.05, 0) is 11.8 Å². The Morgan fingerprint density at radius 2 is 2.00 bits per heavy atom. The number of amides is 2. The van der Waals surface area contributed by atoms with Crippen LogP contribution >= 0.6 is 0 Å². The van der Waals surface area contributed by atoms with Crippen molar-refractivity contribution >= 4 is 17.8 Å². The second-order valence-corrected chi connectivity index (χ2v) is 5.36. The Kier molecular flexibility index (Phi) is 3.45. The number of rotatable bonds is 3. The first-order chi connectivity index (χ1) is 7.66.